The first kappa shape index (κ1) is 22.9. The third kappa shape index (κ3) is 4.09. The molecule has 0 bridgehead atoms. The van der Waals surface area contributed by atoms with Crippen molar-refractivity contribution in [3.8, 4) is 33.1 Å². The number of ketones is 1. The van der Waals surface area contributed by atoms with Gasteiger partial charge in [0.15, 0.2) is 17.3 Å². The zero-order valence-corrected chi connectivity index (χ0v) is 21.7. The molecule has 6 heterocycles. The monoisotopic (exact) mass is 519 g/mol. The lowest BCUT2D eigenvalue weighted by Crippen LogP contribution is -2.18. The van der Waals surface area contributed by atoms with E-state index in [4.69, 9.17) is 4.98 Å². The second-order valence-corrected chi connectivity index (χ2v) is 10.8. The maximum Gasteiger partial charge on any atom is 0.169 e. The summed E-state index contributed by atoms with van der Waals surface area (Å²) in [6.07, 6.45) is 8.25. The quantitative estimate of drug-likeness (QED) is 0.258. The Bertz CT molecular complexity index is 1810. The molecule has 7 rings (SSSR count). The summed E-state index contributed by atoms with van der Waals surface area (Å²) in [4.78, 5) is 33.6. The van der Waals surface area contributed by atoms with Crippen LogP contribution in [-0.2, 0) is 6.54 Å². The number of fused-ring (bicyclic) bond motifs is 2. The number of Topliss-reactive ketones (excluding diaryl/α,β-unsaturated/α-hetero) is 1. The van der Waals surface area contributed by atoms with E-state index >= 15 is 0 Å². The van der Waals surface area contributed by atoms with E-state index in [0.717, 1.165) is 62.5 Å². The Balaban J connectivity index is 1.27. The number of imidazole rings is 1. The summed E-state index contributed by atoms with van der Waals surface area (Å²) >= 11 is 1.48. The lowest BCUT2D eigenvalue weighted by atomic mass is 10.1. The lowest BCUT2D eigenvalue weighted by Gasteiger charge is -2.14. The summed E-state index contributed by atoms with van der Waals surface area (Å²) < 4.78 is 0. The SMILES string of the molecule is CC(=O)c1ccc(-c2cccc3[nH]c(-c4n[nH]c5ncc(-c6cncc(CN7CCCC7)c6)cc45)nc23)s1. The number of rotatable bonds is 6. The maximum atomic E-state index is 11.8. The van der Waals surface area contributed by atoms with Gasteiger partial charge >= 0.3 is 0 Å². The van der Waals surface area contributed by atoms with Crippen molar-refractivity contribution in [3.63, 3.8) is 0 Å². The Morgan fingerprint density at radius 3 is 2.76 bits per heavy atom. The number of H-pyrrole nitrogens is 2. The van der Waals surface area contributed by atoms with E-state index in [1.165, 1.54) is 29.7 Å². The Hall–Kier alpha value is -4.21. The van der Waals surface area contributed by atoms with Crippen LogP contribution in [0.25, 0.3) is 55.2 Å². The number of thiophene rings is 1. The van der Waals surface area contributed by atoms with E-state index in [0.29, 0.717) is 17.2 Å². The fourth-order valence-electron chi connectivity index (χ4n) is 5.19. The molecule has 0 radical (unpaired) electrons. The van der Waals surface area contributed by atoms with E-state index in [9.17, 15) is 4.79 Å². The molecule has 0 atom stereocenters. The van der Waals surface area contributed by atoms with E-state index in [1.54, 1.807) is 6.92 Å². The number of hydrogen-bond acceptors (Lipinski definition) is 7. The van der Waals surface area contributed by atoms with Crippen LogP contribution in [0.2, 0.25) is 0 Å². The zero-order valence-electron chi connectivity index (χ0n) is 20.9. The molecule has 0 amide bonds. The van der Waals surface area contributed by atoms with Gasteiger partial charge in [-0.2, -0.15) is 5.10 Å². The summed E-state index contributed by atoms with van der Waals surface area (Å²) in [6, 6.07) is 14.2. The van der Waals surface area contributed by atoms with E-state index < -0.39 is 0 Å². The lowest BCUT2D eigenvalue weighted by molar-refractivity contribution is 0.102. The van der Waals surface area contributed by atoms with Gasteiger partial charge in [0.25, 0.3) is 0 Å². The van der Waals surface area contributed by atoms with Gasteiger partial charge < -0.3 is 4.98 Å². The van der Waals surface area contributed by atoms with Crippen LogP contribution >= 0.6 is 11.3 Å². The van der Waals surface area contributed by atoms with Gasteiger partial charge in [0.05, 0.1) is 21.3 Å². The molecular weight excluding hydrogens is 494 g/mol. The van der Waals surface area contributed by atoms with Gasteiger partial charge in [-0.25, -0.2) is 9.97 Å². The third-order valence-corrected chi connectivity index (χ3v) is 8.32. The standard InChI is InChI=1S/C29H25N7OS/c1-17(37)24-7-8-25(38-24)21-5-4-6-23-26(21)33-29(32-23)27-22-12-20(15-31-28(22)35-34-27)19-11-18(13-30-14-19)16-36-9-2-3-10-36/h4-8,11-15H,2-3,9-10,16H2,1H3,(H,32,33)(H,31,34,35). The summed E-state index contributed by atoms with van der Waals surface area (Å²) in [6.45, 7) is 4.82. The number of para-hydroxylation sites is 1. The number of benzene rings is 1. The minimum Gasteiger partial charge on any atom is -0.337 e. The largest absolute Gasteiger partial charge is 0.337 e. The Kier molecular flexibility index (Phi) is 5.60. The third-order valence-electron chi connectivity index (χ3n) is 7.10. The number of carbonyl (C=O) groups excluding carboxylic acids is 1. The van der Waals surface area contributed by atoms with Crippen molar-refractivity contribution in [2.24, 2.45) is 0 Å². The van der Waals surface area contributed by atoms with Gasteiger partial charge in [0.2, 0.25) is 0 Å². The molecule has 9 heteroatoms. The first-order valence-electron chi connectivity index (χ1n) is 12.7. The van der Waals surface area contributed by atoms with Gasteiger partial charge in [-0.1, -0.05) is 12.1 Å². The van der Waals surface area contributed by atoms with E-state index in [1.807, 2.05) is 48.9 Å². The fourth-order valence-corrected chi connectivity index (χ4v) is 6.12. The topological polar surface area (TPSA) is 103 Å². The summed E-state index contributed by atoms with van der Waals surface area (Å²) in [5.74, 6) is 0.737. The molecule has 38 heavy (non-hydrogen) atoms. The molecule has 1 fully saturated rings. The number of pyridine rings is 2. The molecule has 0 spiro atoms. The fraction of sp³-hybridized carbons (Fsp3) is 0.207. The molecule has 2 N–H and O–H groups in total. The summed E-state index contributed by atoms with van der Waals surface area (Å²) in [5.41, 5.74) is 7.40. The number of aromatic nitrogens is 6. The van der Waals surface area contributed by atoms with Crippen molar-refractivity contribution in [2.75, 3.05) is 13.1 Å². The number of nitrogens with one attached hydrogen (secondary N) is 2. The van der Waals surface area contributed by atoms with Crippen LogP contribution in [-0.4, -0.2) is 53.9 Å². The Morgan fingerprint density at radius 1 is 1.05 bits per heavy atom. The highest BCUT2D eigenvalue weighted by atomic mass is 32.1. The van der Waals surface area contributed by atoms with Crippen LogP contribution in [0, 0.1) is 0 Å². The van der Waals surface area contributed by atoms with Crippen molar-refractivity contribution in [1.29, 1.82) is 0 Å². The number of carbonyl (C=O) groups is 1. The number of nitrogens with zero attached hydrogens (tertiary/aromatic N) is 5. The highest BCUT2D eigenvalue weighted by Gasteiger charge is 2.18. The summed E-state index contributed by atoms with van der Waals surface area (Å²) in [7, 11) is 0. The molecule has 8 nitrogen and oxygen atoms in total. The number of likely N-dealkylation sites (tertiary alicyclic amines) is 1. The zero-order chi connectivity index (χ0) is 25.6. The highest BCUT2D eigenvalue weighted by Crippen LogP contribution is 2.35. The molecule has 5 aromatic heterocycles. The second-order valence-electron chi connectivity index (χ2n) is 9.76. The molecule has 0 unspecified atom stereocenters. The first-order chi connectivity index (χ1) is 18.6. The van der Waals surface area contributed by atoms with Crippen molar-refractivity contribution < 1.29 is 4.79 Å². The van der Waals surface area contributed by atoms with Crippen LogP contribution in [0.5, 0.6) is 0 Å². The first-order valence-corrected chi connectivity index (χ1v) is 13.5. The summed E-state index contributed by atoms with van der Waals surface area (Å²) in [5, 5.41) is 8.51. The average Bonchev–Trinajstić information content (AvgIpc) is 3.74. The average molecular weight is 520 g/mol. The van der Waals surface area contributed by atoms with Crippen LogP contribution in [0.3, 0.4) is 0 Å². The van der Waals surface area contributed by atoms with Gasteiger partial charge in [-0.05, 0) is 68.8 Å². The molecule has 1 aliphatic rings. The van der Waals surface area contributed by atoms with Crippen molar-refractivity contribution in [3.05, 3.63) is 71.5 Å². The maximum absolute atomic E-state index is 11.8. The molecule has 0 saturated carbocycles. The molecular formula is C29H25N7OS. The van der Waals surface area contributed by atoms with Crippen LogP contribution in [0.15, 0.2) is 61.1 Å². The highest BCUT2D eigenvalue weighted by molar-refractivity contribution is 7.17. The van der Waals surface area contributed by atoms with Crippen molar-refractivity contribution in [1.82, 2.24) is 35.0 Å². The van der Waals surface area contributed by atoms with Crippen molar-refractivity contribution >= 4 is 39.2 Å². The molecule has 0 aliphatic carbocycles. The van der Waals surface area contributed by atoms with E-state index in [-0.39, 0.29) is 5.78 Å². The molecule has 1 saturated heterocycles. The van der Waals surface area contributed by atoms with E-state index in [2.05, 4.69) is 42.2 Å². The minimum absolute atomic E-state index is 0.0687. The van der Waals surface area contributed by atoms with Gasteiger partial charge in [-0.15, -0.1) is 11.3 Å². The van der Waals surface area contributed by atoms with Crippen LogP contribution in [0.4, 0.5) is 0 Å². The minimum atomic E-state index is 0.0687. The Morgan fingerprint density at radius 2 is 1.92 bits per heavy atom. The second kappa shape index (κ2) is 9.27. The number of hydrogen-bond donors (Lipinski definition) is 2. The van der Waals surface area contributed by atoms with Crippen LogP contribution < -0.4 is 0 Å². The predicted octanol–water partition coefficient (Wildman–Crippen LogP) is 6.09. The van der Waals surface area contributed by atoms with Gasteiger partial charge in [-0.3, -0.25) is 19.8 Å². The van der Waals surface area contributed by atoms with Crippen LogP contribution in [0.1, 0.15) is 35.0 Å². The predicted molar refractivity (Wildman–Crippen MR) is 150 cm³/mol. The van der Waals surface area contributed by atoms with Gasteiger partial charge in [0.1, 0.15) is 5.69 Å². The molecule has 6 aromatic rings. The molecule has 1 aromatic carbocycles. The Labute approximate surface area is 222 Å². The number of aromatic amines is 2. The normalized spacial score (nSPS) is 14.1. The molecule has 1 aliphatic heterocycles. The smallest absolute Gasteiger partial charge is 0.169 e. The molecule has 188 valence electrons. The van der Waals surface area contributed by atoms with Crippen molar-refractivity contribution in [2.45, 2.75) is 26.3 Å². The van der Waals surface area contributed by atoms with Gasteiger partial charge in [0, 0.05) is 46.7 Å².